The van der Waals surface area contributed by atoms with Crippen LogP contribution >= 0.6 is 0 Å². The maximum atomic E-state index is 4.14. The fourth-order valence-corrected chi connectivity index (χ4v) is 3.43. The van der Waals surface area contributed by atoms with Gasteiger partial charge >= 0.3 is 0 Å². The van der Waals surface area contributed by atoms with E-state index in [2.05, 4.69) is 52.1 Å². The van der Waals surface area contributed by atoms with Crippen molar-refractivity contribution in [1.29, 1.82) is 0 Å². The van der Waals surface area contributed by atoms with Gasteiger partial charge in [0.05, 0.1) is 0 Å². The number of rotatable bonds is 2. The van der Waals surface area contributed by atoms with Gasteiger partial charge in [-0.1, -0.05) is 12.1 Å². The van der Waals surface area contributed by atoms with Crippen LogP contribution in [0.3, 0.4) is 0 Å². The van der Waals surface area contributed by atoms with E-state index in [4.69, 9.17) is 0 Å². The molecule has 0 spiro atoms. The summed E-state index contributed by atoms with van der Waals surface area (Å²) >= 11 is 0. The Morgan fingerprint density at radius 1 is 1.00 bits per heavy atom. The van der Waals surface area contributed by atoms with Gasteiger partial charge < -0.3 is 4.90 Å². The number of pyridine rings is 2. The standard InChI is InChI=1S/C10H14N2.C10H12N2/c2*1-12-7-3-5-10(12)9-4-2-6-11-8-9/h2,4,6,8,10H,3,5,7H2,1H3;2,4-6,8H,3,7H2,1H3. The van der Waals surface area contributed by atoms with E-state index in [1.807, 2.05) is 30.7 Å². The molecular formula is C20H26N4. The predicted octanol–water partition coefficient (Wildman–Crippen LogP) is 3.61. The van der Waals surface area contributed by atoms with Gasteiger partial charge in [0.25, 0.3) is 0 Å². The molecule has 2 aromatic heterocycles. The first-order valence-corrected chi connectivity index (χ1v) is 8.67. The van der Waals surface area contributed by atoms with Gasteiger partial charge in [0.15, 0.2) is 0 Å². The number of aromatic nitrogens is 2. The first-order chi connectivity index (χ1) is 11.8. The Kier molecular flexibility index (Phi) is 5.59. The van der Waals surface area contributed by atoms with Gasteiger partial charge in [-0.15, -0.1) is 0 Å². The van der Waals surface area contributed by atoms with E-state index in [9.17, 15) is 0 Å². The third-order valence-electron chi connectivity index (χ3n) is 4.76. The van der Waals surface area contributed by atoms with Crippen molar-refractivity contribution < 1.29 is 0 Å². The highest BCUT2D eigenvalue weighted by atomic mass is 15.1. The van der Waals surface area contributed by atoms with Gasteiger partial charge in [-0.25, -0.2) is 0 Å². The van der Waals surface area contributed by atoms with Gasteiger partial charge in [0.1, 0.15) is 0 Å². The summed E-state index contributed by atoms with van der Waals surface area (Å²) in [7, 11) is 4.30. The first kappa shape index (κ1) is 16.7. The molecule has 4 rings (SSSR count). The molecule has 0 saturated carbocycles. The zero-order valence-electron chi connectivity index (χ0n) is 14.6. The van der Waals surface area contributed by atoms with E-state index in [1.165, 1.54) is 36.2 Å². The summed E-state index contributed by atoms with van der Waals surface area (Å²) in [6.07, 6.45) is 13.5. The zero-order valence-corrected chi connectivity index (χ0v) is 14.6. The average molecular weight is 322 g/mol. The third-order valence-corrected chi connectivity index (χ3v) is 4.76. The lowest BCUT2D eigenvalue weighted by Gasteiger charge is -2.18. The molecule has 0 N–H and O–H groups in total. The summed E-state index contributed by atoms with van der Waals surface area (Å²) < 4.78 is 0. The lowest BCUT2D eigenvalue weighted by molar-refractivity contribution is 0.317. The van der Waals surface area contributed by atoms with Crippen molar-refractivity contribution in [3.05, 3.63) is 66.3 Å². The molecule has 1 fully saturated rings. The molecule has 0 radical (unpaired) electrons. The third kappa shape index (κ3) is 4.01. The monoisotopic (exact) mass is 322 g/mol. The van der Waals surface area contributed by atoms with Crippen LogP contribution in [-0.4, -0.2) is 47.0 Å². The molecule has 2 aromatic rings. The zero-order chi connectivity index (χ0) is 16.8. The minimum Gasteiger partial charge on any atom is -0.374 e. The Morgan fingerprint density at radius 3 is 2.33 bits per heavy atom. The Morgan fingerprint density at radius 2 is 1.79 bits per heavy atom. The molecule has 4 heterocycles. The molecule has 2 aliphatic heterocycles. The number of hydrogen-bond donors (Lipinski definition) is 0. The quantitative estimate of drug-likeness (QED) is 0.845. The molecule has 0 amide bonds. The summed E-state index contributed by atoms with van der Waals surface area (Å²) in [6.45, 7) is 2.35. The normalized spacial score (nSPS) is 20.5. The molecule has 24 heavy (non-hydrogen) atoms. The van der Waals surface area contributed by atoms with Crippen LogP contribution in [0.1, 0.15) is 36.4 Å². The molecule has 0 aliphatic carbocycles. The van der Waals surface area contributed by atoms with Crippen molar-refractivity contribution in [3.8, 4) is 0 Å². The lowest BCUT2D eigenvalue weighted by Crippen LogP contribution is -2.17. The molecule has 2 aliphatic rings. The van der Waals surface area contributed by atoms with Crippen molar-refractivity contribution in [2.75, 3.05) is 27.2 Å². The second kappa shape index (κ2) is 8.06. The summed E-state index contributed by atoms with van der Waals surface area (Å²) in [6, 6.07) is 8.86. The number of hydrogen-bond acceptors (Lipinski definition) is 4. The van der Waals surface area contributed by atoms with Gasteiger partial charge in [-0.3, -0.25) is 14.9 Å². The molecule has 1 saturated heterocycles. The van der Waals surface area contributed by atoms with Gasteiger partial charge in [0, 0.05) is 55.7 Å². The molecule has 1 unspecified atom stereocenters. The van der Waals surface area contributed by atoms with Crippen molar-refractivity contribution in [2.24, 2.45) is 0 Å². The van der Waals surface area contributed by atoms with Crippen LogP contribution in [0.5, 0.6) is 0 Å². The van der Waals surface area contributed by atoms with Gasteiger partial charge in [0.2, 0.25) is 0 Å². The largest absolute Gasteiger partial charge is 0.374 e. The molecule has 0 bridgehead atoms. The predicted molar refractivity (Wildman–Crippen MR) is 98.3 cm³/mol. The molecular weight excluding hydrogens is 296 g/mol. The molecule has 126 valence electrons. The Hall–Kier alpha value is -2.20. The van der Waals surface area contributed by atoms with Gasteiger partial charge in [-0.05, 0) is 56.6 Å². The van der Waals surface area contributed by atoms with Crippen LogP contribution in [0.15, 0.2) is 55.1 Å². The van der Waals surface area contributed by atoms with Crippen LogP contribution in [0.2, 0.25) is 0 Å². The maximum absolute atomic E-state index is 4.14. The van der Waals surface area contributed by atoms with Crippen molar-refractivity contribution in [1.82, 2.24) is 19.8 Å². The Bertz CT molecular complexity index is 654. The fourth-order valence-electron chi connectivity index (χ4n) is 3.43. The van der Waals surface area contributed by atoms with Crippen LogP contribution < -0.4 is 0 Å². The van der Waals surface area contributed by atoms with E-state index < -0.39 is 0 Å². The second-order valence-electron chi connectivity index (χ2n) is 6.47. The Labute approximate surface area is 144 Å². The van der Waals surface area contributed by atoms with Crippen LogP contribution in [0.4, 0.5) is 0 Å². The summed E-state index contributed by atoms with van der Waals surface area (Å²) in [5.74, 6) is 0. The van der Waals surface area contributed by atoms with E-state index in [-0.39, 0.29) is 0 Å². The van der Waals surface area contributed by atoms with Gasteiger partial charge in [-0.2, -0.15) is 0 Å². The lowest BCUT2D eigenvalue weighted by atomic mass is 10.1. The minimum absolute atomic E-state index is 0.610. The Balaban J connectivity index is 0.000000141. The molecule has 4 heteroatoms. The van der Waals surface area contributed by atoms with Crippen molar-refractivity contribution in [3.63, 3.8) is 0 Å². The van der Waals surface area contributed by atoms with Crippen LogP contribution in [0, 0.1) is 0 Å². The van der Waals surface area contributed by atoms with Crippen LogP contribution in [0.25, 0.3) is 5.70 Å². The van der Waals surface area contributed by atoms with Crippen molar-refractivity contribution >= 4 is 5.70 Å². The summed E-state index contributed by atoms with van der Waals surface area (Å²) in [5, 5.41) is 0. The second-order valence-corrected chi connectivity index (χ2v) is 6.47. The number of nitrogens with zero attached hydrogens (tertiary/aromatic N) is 4. The molecule has 0 aromatic carbocycles. The number of likely N-dealkylation sites (tertiary alicyclic amines) is 1. The fraction of sp³-hybridized carbons (Fsp3) is 0.400. The smallest absolute Gasteiger partial charge is 0.0413 e. The molecule has 1 atom stereocenters. The van der Waals surface area contributed by atoms with Crippen LogP contribution in [-0.2, 0) is 0 Å². The molecule has 4 nitrogen and oxygen atoms in total. The highest BCUT2D eigenvalue weighted by molar-refractivity contribution is 5.64. The first-order valence-electron chi connectivity index (χ1n) is 8.67. The van der Waals surface area contributed by atoms with E-state index in [0.717, 1.165) is 13.0 Å². The topological polar surface area (TPSA) is 32.3 Å². The maximum Gasteiger partial charge on any atom is 0.0413 e. The van der Waals surface area contributed by atoms with Crippen molar-refractivity contribution in [2.45, 2.75) is 25.3 Å². The summed E-state index contributed by atoms with van der Waals surface area (Å²) in [5.41, 5.74) is 3.89. The highest BCUT2D eigenvalue weighted by Crippen LogP contribution is 2.29. The summed E-state index contributed by atoms with van der Waals surface area (Å²) in [4.78, 5) is 12.9. The van der Waals surface area contributed by atoms with E-state index in [1.54, 1.807) is 6.20 Å². The highest BCUT2D eigenvalue weighted by Gasteiger charge is 2.21. The SMILES string of the molecule is CN1CCC=C1c1cccnc1.CN1CCCC1c1cccnc1. The minimum atomic E-state index is 0.610. The average Bonchev–Trinajstić information content (AvgIpc) is 3.25. The van der Waals surface area contributed by atoms with E-state index >= 15 is 0 Å². The van der Waals surface area contributed by atoms with E-state index in [0.29, 0.717) is 6.04 Å².